The molecule has 19 heavy (non-hydrogen) atoms. The minimum absolute atomic E-state index is 0.0201. The highest BCUT2D eigenvalue weighted by Crippen LogP contribution is 2.25. The van der Waals surface area contributed by atoms with Gasteiger partial charge in [-0.1, -0.05) is 25.3 Å². The first-order valence-electron chi connectivity index (χ1n) is 5.40. The van der Waals surface area contributed by atoms with Gasteiger partial charge >= 0.3 is 5.97 Å². The van der Waals surface area contributed by atoms with Gasteiger partial charge in [-0.15, -0.1) is 0 Å². The summed E-state index contributed by atoms with van der Waals surface area (Å²) in [5, 5.41) is 10.8. The molecule has 0 amide bonds. The predicted molar refractivity (Wildman–Crippen MR) is 69.3 cm³/mol. The Morgan fingerprint density at radius 1 is 1.32 bits per heavy atom. The number of esters is 1. The Morgan fingerprint density at radius 3 is 2.58 bits per heavy atom. The summed E-state index contributed by atoms with van der Waals surface area (Å²) in [7, 11) is 0. The molecule has 0 heterocycles. The number of hydrogen-bond donors (Lipinski definition) is 0. The quantitative estimate of drug-likeness (QED) is 0.327. The van der Waals surface area contributed by atoms with E-state index in [2.05, 4.69) is 13.2 Å². The minimum Gasteiger partial charge on any atom is -0.490 e. The molecule has 6 nitrogen and oxygen atoms in total. The van der Waals surface area contributed by atoms with Crippen LogP contribution in [0.15, 0.2) is 43.5 Å². The second-order valence-electron chi connectivity index (χ2n) is 3.42. The Hall–Kier alpha value is -2.63. The molecule has 0 saturated carbocycles. The third-order valence-corrected chi connectivity index (χ3v) is 2.08. The molecule has 0 bridgehead atoms. The summed E-state index contributed by atoms with van der Waals surface area (Å²) >= 11 is 0. The number of benzene rings is 1. The van der Waals surface area contributed by atoms with Gasteiger partial charge in [0, 0.05) is 12.1 Å². The molecule has 0 spiro atoms. The zero-order valence-electron chi connectivity index (χ0n) is 10.2. The van der Waals surface area contributed by atoms with Crippen LogP contribution in [-0.2, 0) is 4.74 Å². The van der Waals surface area contributed by atoms with E-state index < -0.39 is 10.9 Å². The molecule has 0 aliphatic heterocycles. The van der Waals surface area contributed by atoms with Gasteiger partial charge in [0.1, 0.15) is 24.5 Å². The summed E-state index contributed by atoms with van der Waals surface area (Å²) in [6, 6.07) is 3.88. The van der Waals surface area contributed by atoms with E-state index in [-0.39, 0.29) is 24.5 Å². The van der Waals surface area contributed by atoms with Crippen LogP contribution in [0.25, 0.3) is 0 Å². The Kier molecular flexibility index (Phi) is 5.28. The Balaban J connectivity index is 3.07. The SMILES string of the molecule is C=CCOC(=O)c1cc(OCC=C)ccc1[N+](=O)[O-]. The van der Waals surface area contributed by atoms with Crippen LogP contribution < -0.4 is 4.74 Å². The molecular formula is C13H13NO5. The number of carbonyl (C=O) groups is 1. The lowest BCUT2D eigenvalue weighted by Crippen LogP contribution is -2.09. The van der Waals surface area contributed by atoms with Gasteiger partial charge in [0.2, 0.25) is 0 Å². The molecule has 0 aliphatic carbocycles. The van der Waals surface area contributed by atoms with E-state index in [0.717, 1.165) is 0 Å². The van der Waals surface area contributed by atoms with Crippen molar-refractivity contribution in [1.29, 1.82) is 0 Å². The smallest absolute Gasteiger partial charge is 0.345 e. The molecule has 1 rings (SSSR count). The first-order valence-corrected chi connectivity index (χ1v) is 5.40. The lowest BCUT2D eigenvalue weighted by Gasteiger charge is -2.06. The van der Waals surface area contributed by atoms with Crippen LogP contribution in [0.3, 0.4) is 0 Å². The minimum atomic E-state index is -0.796. The van der Waals surface area contributed by atoms with Crippen molar-refractivity contribution >= 4 is 11.7 Å². The summed E-state index contributed by atoms with van der Waals surface area (Å²) in [6.45, 7) is 7.09. The second kappa shape index (κ2) is 6.95. The normalized spacial score (nSPS) is 9.47. The van der Waals surface area contributed by atoms with Gasteiger partial charge in [0.25, 0.3) is 5.69 Å². The average Bonchev–Trinajstić information content (AvgIpc) is 2.41. The van der Waals surface area contributed by atoms with Crippen molar-refractivity contribution in [2.75, 3.05) is 13.2 Å². The largest absolute Gasteiger partial charge is 0.490 e. The molecule has 100 valence electrons. The Bertz CT molecular complexity index is 510. The summed E-state index contributed by atoms with van der Waals surface area (Å²) in [5.74, 6) is -0.466. The van der Waals surface area contributed by atoms with Crippen molar-refractivity contribution in [1.82, 2.24) is 0 Å². The van der Waals surface area contributed by atoms with Crippen molar-refractivity contribution < 1.29 is 19.2 Å². The third kappa shape index (κ3) is 3.95. The molecule has 0 saturated heterocycles. The number of rotatable bonds is 7. The number of nitrogens with zero attached hydrogens (tertiary/aromatic N) is 1. The van der Waals surface area contributed by atoms with E-state index in [9.17, 15) is 14.9 Å². The van der Waals surface area contributed by atoms with E-state index in [4.69, 9.17) is 9.47 Å². The highest BCUT2D eigenvalue weighted by molar-refractivity contribution is 5.94. The van der Waals surface area contributed by atoms with Gasteiger partial charge in [0.05, 0.1) is 4.92 Å². The number of hydrogen-bond acceptors (Lipinski definition) is 5. The van der Waals surface area contributed by atoms with Crippen molar-refractivity contribution in [3.05, 3.63) is 59.2 Å². The van der Waals surface area contributed by atoms with Gasteiger partial charge in [-0.25, -0.2) is 4.79 Å². The molecule has 0 fully saturated rings. The average molecular weight is 263 g/mol. The molecule has 0 atom stereocenters. The Morgan fingerprint density at radius 2 is 2.00 bits per heavy atom. The topological polar surface area (TPSA) is 78.7 Å². The number of carbonyl (C=O) groups excluding carboxylic acids is 1. The van der Waals surface area contributed by atoms with Gasteiger partial charge < -0.3 is 9.47 Å². The molecule has 0 aliphatic rings. The van der Waals surface area contributed by atoms with Crippen molar-refractivity contribution in [3.63, 3.8) is 0 Å². The molecule has 0 radical (unpaired) electrons. The lowest BCUT2D eigenvalue weighted by molar-refractivity contribution is -0.385. The van der Waals surface area contributed by atoms with Crippen LogP contribution in [0, 0.1) is 10.1 Å². The monoisotopic (exact) mass is 263 g/mol. The fraction of sp³-hybridized carbons (Fsp3) is 0.154. The molecular weight excluding hydrogens is 250 g/mol. The predicted octanol–water partition coefficient (Wildman–Crippen LogP) is 2.50. The van der Waals surface area contributed by atoms with Crippen LogP contribution in [-0.4, -0.2) is 24.1 Å². The molecule has 1 aromatic rings. The Labute approximate surface area is 110 Å². The van der Waals surface area contributed by atoms with Crippen molar-refractivity contribution in [3.8, 4) is 5.75 Å². The van der Waals surface area contributed by atoms with E-state index in [0.29, 0.717) is 5.75 Å². The standard InChI is InChI=1S/C13H13NO5/c1-3-7-18-10-5-6-12(14(16)17)11(9-10)13(15)19-8-4-2/h3-6,9H,1-2,7-8H2. The fourth-order valence-electron chi connectivity index (χ4n) is 1.30. The first kappa shape index (κ1) is 14.4. The zero-order valence-corrected chi connectivity index (χ0v) is 10.2. The van der Waals surface area contributed by atoms with E-state index in [1.807, 2.05) is 0 Å². The lowest BCUT2D eigenvalue weighted by atomic mass is 10.1. The second-order valence-corrected chi connectivity index (χ2v) is 3.42. The number of nitro groups is 1. The summed E-state index contributed by atoms with van der Waals surface area (Å²) < 4.78 is 10.0. The number of nitro benzene ring substituents is 1. The summed E-state index contributed by atoms with van der Waals surface area (Å²) in [6.07, 6.45) is 2.90. The van der Waals surface area contributed by atoms with Gasteiger partial charge in [-0.2, -0.15) is 0 Å². The first-order chi connectivity index (χ1) is 9.10. The third-order valence-electron chi connectivity index (χ3n) is 2.08. The van der Waals surface area contributed by atoms with Gasteiger partial charge in [0.15, 0.2) is 0 Å². The molecule has 1 aromatic carbocycles. The summed E-state index contributed by atoms with van der Waals surface area (Å²) in [5.41, 5.74) is -0.492. The van der Waals surface area contributed by atoms with Crippen molar-refractivity contribution in [2.24, 2.45) is 0 Å². The van der Waals surface area contributed by atoms with Crippen LogP contribution >= 0.6 is 0 Å². The molecule has 6 heteroatoms. The maximum absolute atomic E-state index is 11.7. The van der Waals surface area contributed by atoms with Crippen LogP contribution in [0.2, 0.25) is 0 Å². The fourth-order valence-corrected chi connectivity index (χ4v) is 1.30. The van der Waals surface area contributed by atoms with Gasteiger partial charge in [-0.3, -0.25) is 10.1 Å². The van der Waals surface area contributed by atoms with E-state index in [1.54, 1.807) is 0 Å². The zero-order chi connectivity index (χ0) is 14.3. The van der Waals surface area contributed by atoms with E-state index in [1.165, 1.54) is 30.4 Å². The highest BCUT2D eigenvalue weighted by Gasteiger charge is 2.22. The van der Waals surface area contributed by atoms with Crippen molar-refractivity contribution in [2.45, 2.75) is 0 Å². The summed E-state index contributed by atoms with van der Waals surface area (Å²) in [4.78, 5) is 21.9. The van der Waals surface area contributed by atoms with Crippen LogP contribution in [0.1, 0.15) is 10.4 Å². The molecule has 0 unspecified atom stereocenters. The van der Waals surface area contributed by atoms with Crippen LogP contribution in [0.5, 0.6) is 5.75 Å². The maximum atomic E-state index is 11.7. The van der Waals surface area contributed by atoms with Crippen LogP contribution in [0.4, 0.5) is 5.69 Å². The molecule has 0 aromatic heterocycles. The van der Waals surface area contributed by atoms with Gasteiger partial charge in [-0.05, 0) is 6.07 Å². The number of ether oxygens (including phenoxy) is 2. The van der Waals surface area contributed by atoms with E-state index >= 15 is 0 Å². The maximum Gasteiger partial charge on any atom is 0.345 e. The molecule has 0 N–H and O–H groups in total. The highest BCUT2D eigenvalue weighted by atomic mass is 16.6.